The van der Waals surface area contributed by atoms with Crippen LogP contribution in [0.25, 0.3) is 10.3 Å². The molecule has 2 aromatic heterocycles. The molecule has 0 spiro atoms. The van der Waals surface area contributed by atoms with Gasteiger partial charge < -0.3 is 4.98 Å². The topological polar surface area (TPSA) is 28.7 Å². The van der Waals surface area contributed by atoms with Gasteiger partial charge in [-0.15, -0.1) is 11.3 Å². The van der Waals surface area contributed by atoms with Crippen molar-refractivity contribution in [2.45, 2.75) is 6.92 Å². The summed E-state index contributed by atoms with van der Waals surface area (Å²) in [6.07, 6.45) is 1.98. The van der Waals surface area contributed by atoms with Crippen molar-refractivity contribution in [2.75, 3.05) is 0 Å². The van der Waals surface area contributed by atoms with Gasteiger partial charge in [-0.1, -0.05) is 0 Å². The maximum atomic E-state index is 4.10. The van der Waals surface area contributed by atoms with Gasteiger partial charge >= 0.3 is 0 Å². The predicted octanol–water partition coefficient (Wildman–Crippen LogP) is 1.93. The molecular weight excluding hydrogens is 132 g/mol. The normalized spacial score (nSPS) is 10.8. The Morgan fingerprint density at radius 3 is 3.33 bits per heavy atom. The van der Waals surface area contributed by atoms with Crippen LogP contribution in [-0.4, -0.2) is 9.97 Å². The Hall–Kier alpha value is -0.830. The molecule has 0 saturated carbocycles. The van der Waals surface area contributed by atoms with Crippen LogP contribution < -0.4 is 0 Å². The number of aromatic amines is 1. The number of nitrogens with zero attached hydrogens (tertiary/aromatic N) is 1. The highest BCUT2D eigenvalue weighted by Gasteiger charge is 1.98. The molecule has 3 heteroatoms. The maximum absolute atomic E-state index is 4.10. The summed E-state index contributed by atoms with van der Waals surface area (Å²) in [4.78, 5) is 7.17. The van der Waals surface area contributed by atoms with Gasteiger partial charge in [0.25, 0.3) is 0 Å². The highest BCUT2D eigenvalue weighted by molar-refractivity contribution is 7.16. The fraction of sp³-hybridized carbons (Fsp3) is 0.167. The van der Waals surface area contributed by atoms with E-state index in [0.29, 0.717) is 0 Å². The number of rotatable bonds is 0. The first-order chi connectivity index (χ1) is 4.38. The number of nitrogens with one attached hydrogen (secondary N) is 1. The van der Waals surface area contributed by atoms with Crippen molar-refractivity contribution in [1.29, 1.82) is 0 Å². The average Bonchev–Trinajstić information content (AvgIpc) is 2.35. The lowest BCUT2D eigenvalue weighted by Crippen LogP contribution is -1.58. The van der Waals surface area contributed by atoms with E-state index in [4.69, 9.17) is 0 Å². The number of thiazole rings is 1. The third kappa shape index (κ3) is 0.580. The number of aryl methyl sites for hydroxylation is 1. The third-order valence-electron chi connectivity index (χ3n) is 1.35. The second-order valence-electron chi connectivity index (χ2n) is 2.00. The lowest BCUT2D eigenvalue weighted by Gasteiger charge is -1.73. The van der Waals surface area contributed by atoms with Crippen LogP contribution in [0.5, 0.6) is 0 Å². The van der Waals surface area contributed by atoms with Crippen molar-refractivity contribution >= 4 is 21.7 Å². The number of hydrogen-bond acceptors (Lipinski definition) is 2. The molecule has 0 unspecified atom stereocenters. The second kappa shape index (κ2) is 1.57. The molecular formula is C6H6N2S. The molecule has 0 aromatic carbocycles. The minimum absolute atomic E-state index is 1.01. The van der Waals surface area contributed by atoms with Crippen LogP contribution in [0.1, 0.15) is 5.56 Å². The van der Waals surface area contributed by atoms with E-state index in [0.717, 1.165) is 5.65 Å². The Bertz CT molecular complexity index is 320. The number of fused-ring (bicyclic) bond motifs is 1. The second-order valence-corrected chi connectivity index (χ2v) is 2.86. The van der Waals surface area contributed by atoms with E-state index in [1.807, 2.05) is 11.7 Å². The summed E-state index contributed by atoms with van der Waals surface area (Å²) in [6.45, 7) is 2.08. The molecule has 0 radical (unpaired) electrons. The molecule has 9 heavy (non-hydrogen) atoms. The first kappa shape index (κ1) is 4.99. The maximum Gasteiger partial charge on any atom is 0.148 e. The van der Waals surface area contributed by atoms with Crippen molar-refractivity contribution in [3.05, 3.63) is 17.3 Å². The van der Waals surface area contributed by atoms with Gasteiger partial charge in [0.1, 0.15) is 5.65 Å². The minimum Gasteiger partial charge on any atom is -0.345 e. The SMILES string of the molecule is Cc1c[nH]c2ncsc12. The first-order valence-corrected chi connectivity index (χ1v) is 3.63. The Morgan fingerprint density at radius 1 is 1.67 bits per heavy atom. The highest BCUT2D eigenvalue weighted by Crippen LogP contribution is 2.19. The zero-order valence-electron chi connectivity index (χ0n) is 5.01. The van der Waals surface area contributed by atoms with Gasteiger partial charge in [-0.3, -0.25) is 0 Å². The van der Waals surface area contributed by atoms with Crippen molar-refractivity contribution < 1.29 is 0 Å². The van der Waals surface area contributed by atoms with Gasteiger partial charge in [0.05, 0.1) is 10.2 Å². The number of aromatic nitrogens is 2. The Kier molecular flexibility index (Phi) is 0.873. The highest BCUT2D eigenvalue weighted by atomic mass is 32.1. The first-order valence-electron chi connectivity index (χ1n) is 2.75. The quantitative estimate of drug-likeness (QED) is 0.592. The van der Waals surface area contributed by atoms with Gasteiger partial charge in [-0.05, 0) is 12.5 Å². The summed E-state index contributed by atoms with van der Waals surface area (Å²) in [5, 5.41) is 0. The zero-order valence-corrected chi connectivity index (χ0v) is 5.83. The zero-order chi connectivity index (χ0) is 6.27. The predicted molar refractivity (Wildman–Crippen MR) is 38.7 cm³/mol. The van der Waals surface area contributed by atoms with E-state index in [1.165, 1.54) is 10.3 Å². The minimum atomic E-state index is 1.01. The van der Waals surface area contributed by atoms with Crippen molar-refractivity contribution in [1.82, 2.24) is 9.97 Å². The Labute approximate surface area is 56.5 Å². The van der Waals surface area contributed by atoms with E-state index < -0.39 is 0 Å². The van der Waals surface area contributed by atoms with Crippen molar-refractivity contribution in [2.24, 2.45) is 0 Å². The smallest absolute Gasteiger partial charge is 0.148 e. The third-order valence-corrected chi connectivity index (χ3v) is 2.31. The lowest BCUT2D eigenvalue weighted by atomic mass is 10.4. The summed E-state index contributed by atoms with van der Waals surface area (Å²) >= 11 is 1.68. The monoisotopic (exact) mass is 138 g/mol. The van der Waals surface area contributed by atoms with Gasteiger partial charge in [0.15, 0.2) is 0 Å². The summed E-state index contributed by atoms with van der Waals surface area (Å²) in [5.41, 5.74) is 4.15. The summed E-state index contributed by atoms with van der Waals surface area (Å²) in [7, 11) is 0. The van der Waals surface area contributed by atoms with Crippen molar-refractivity contribution in [3.8, 4) is 0 Å². The molecule has 0 aliphatic rings. The van der Waals surface area contributed by atoms with E-state index in [2.05, 4.69) is 16.9 Å². The molecule has 2 rings (SSSR count). The van der Waals surface area contributed by atoms with E-state index in [9.17, 15) is 0 Å². The van der Waals surface area contributed by atoms with Crippen LogP contribution in [0.2, 0.25) is 0 Å². The molecule has 0 bridgehead atoms. The average molecular weight is 138 g/mol. The van der Waals surface area contributed by atoms with Crippen molar-refractivity contribution in [3.63, 3.8) is 0 Å². The van der Waals surface area contributed by atoms with Crippen LogP contribution in [-0.2, 0) is 0 Å². The molecule has 0 atom stereocenters. The molecule has 0 aliphatic carbocycles. The van der Waals surface area contributed by atoms with E-state index in [1.54, 1.807) is 11.3 Å². The standard InChI is InChI=1S/C6H6N2S/c1-4-2-7-6-5(4)9-3-8-6/h2-3,7H,1H3. The molecule has 46 valence electrons. The fourth-order valence-corrected chi connectivity index (χ4v) is 1.60. The number of H-pyrrole nitrogens is 1. The van der Waals surface area contributed by atoms with Gasteiger partial charge in [0.2, 0.25) is 0 Å². The molecule has 0 aliphatic heterocycles. The molecule has 0 fully saturated rings. The van der Waals surface area contributed by atoms with E-state index in [-0.39, 0.29) is 0 Å². The largest absolute Gasteiger partial charge is 0.345 e. The molecule has 1 N–H and O–H groups in total. The van der Waals surface area contributed by atoms with Crippen LogP contribution in [0.3, 0.4) is 0 Å². The van der Waals surface area contributed by atoms with Gasteiger partial charge in [-0.25, -0.2) is 4.98 Å². The molecule has 0 saturated heterocycles. The van der Waals surface area contributed by atoms with Gasteiger partial charge in [-0.2, -0.15) is 0 Å². The Morgan fingerprint density at radius 2 is 2.56 bits per heavy atom. The Balaban J connectivity index is 2.99. The van der Waals surface area contributed by atoms with E-state index >= 15 is 0 Å². The fourth-order valence-electron chi connectivity index (χ4n) is 0.871. The molecule has 2 nitrogen and oxygen atoms in total. The number of hydrogen-bond donors (Lipinski definition) is 1. The molecule has 2 heterocycles. The van der Waals surface area contributed by atoms with Gasteiger partial charge in [0, 0.05) is 6.20 Å². The van der Waals surface area contributed by atoms with Crippen LogP contribution in [0.4, 0.5) is 0 Å². The lowest BCUT2D eigenvalue weighted by molar-refractivity contribution is 1.35. The summed E-state index contributed by atoms with van der Waals surface area (Å²) in [5.74, 6) is 0. The van der Waals surface area contributed by atoms with Crippen LogP contribution >= 0.6 is 11.3 Å². The van der Waals surface area contributed by atoms with Crippen LogP contribution in [0.15, 0.2) is 11.7 Å². The molecule has 2 aromatic rings. The molecule has 0 amide bonds. The van der Waals surface area contributed by atoms with Crippen LogP contribution in [0, 0.1) is 6.92 Å². The summed E-state index contributed by atoms with van der Waals surface area (Å²) in [6, 6.07) is 0. The summed E-state index contributed by atoms with van der Waals surface area (Å²) < 4.78 is 1.27.